The quantitative estimate of drug-likeness (QED) is 0.345. The molecule has 4 aromatic rings. The summed E-state index contributed by atoms with van der Waals surface area (Å²) in [7, 11) is 3.20. The van der Waals surface area contributed by atoms with Gasteiger partial charge in [0.15, 0.2) is 11.5 Å². The van der Waals surface area contributed by atoms with Crippen LogP contribution in [0.15, 0.2) is 60.7 Å². The number of benzene rings is 3. The molecule has 3 aromatic carbocycles. The van der Waals surface area contributed by atoms with E-state index < -0.39 is 6.04 Å². The van der Waals surface area contributed by atoms with Gasteiger partial charge in [-0.3, -0.25) is 9.89 Å². The lowest BCUT2D eigenvalue weighted by Crippen LogP contribution is -2.31. The zero-order valence-electron chi connectivity index (χ0n) is 20.2. The van der Waals surface area contributed by atoms with Crippen LogP contribution in [0.2, 0.25) is 5.02 Å². The van der Waals surface area contributed by atoms with Crippen molar-refractivity contribution in [2.45, 2.75) is 19.4 Å². The molecule has 0 radical (unpaired) electrons. The van der Waals surface area contributed by atoms with Crippen molar-refractivity contribution < 1.29 is 19.4 Å². The molecular weight excluding hydrogens is 478 g/mol. The number of amides is 1. The Balaban J connectivity index is 1.56. The van der Waals surface area contributed by atoms with Crippen molar-refractivity contribution in [1.82, 2.24) is 15.1 Å². The number of nitrogens with zero attached hydrogens (tertiary/aromatic N) is 2. The molecule has 7 nitrogen and oxygen atoms in total. The van der Waals surface area contributed by atoms with Crippen LogP contribution in [0, 0.1) is 6.92 Å². The zero-order chi connectivity index (χ0) is 25.4. The Morgan fingerprint density at radius 1 is 1.06 bits per heavy atom. The normalized spacial score (nSPS) is 14.7. The topological polar surface area (TPSA) is 87.7 Å². The number of hydrogen-bond donors (Lipinski definition) is 2. The summed E-state index contributed by atoms with van der Waals surface area (Å²) in [6.07, 6.45) is 0.603. The smallest absolute Gasteiger partial charge is 0.273 e. The summed E-state index contributed by atoms with van der Waals surface area (Å²) >= 11 is 6.35. The third kappa shape index (κ3) is 4.16. The number of phenols is 1. The van der Waals surface area contributed by atoms with Gasteiger partial charge in [0.1, 0.15) is 17.1 Å². The number of carbonyl (C=O) groups excluding carboxylic acids is 1. The maximum atomic E-state index is 13.6. The molecule has 1 atom stereocenters. The minimum Gasteiger partial charge on any atom is -0.507 e. The van der Waals surface area contributed by atoms with E-state index in [9.17, 15) is 9.90 Å². The van der Waals surface area contributed by atoms with Crippen LogP contribution in [0.25, 0.3) is 11.3 Å². The minimum absolute atomic E-state index is 0.107. The van der Waals surface area contributed by atoms with Crippen molar-refractivity contribution in [2.24, 2.45) is 0 Å². The number of fused-ring (bicyclic) bond motifs is 1. The van der Waals surface area contributed by atoms with E-state index in [4.69, 9.17) is 21.1 Å². The molecule has 1 aromatic heterocycles. The van der Waals surface area contributed by atoms with Gasteiger partial charge in [-0.15, -0.1) is 0 Å². The first-order valence-corrected chi connectivity index (χ1v) is 11.9. The second-order valence-electron chi connectivity index (χ2n) is 8.78. The first kappa shape index (κ1) is 23.8. The SMILES string of the molecule is COc1ccc(CCN2C(=O)c3[nH]nc(-c4cc(C)ccc4O)c3[C@H]2c2cccc(Cl)c2)cc1OC. The highest BCUT2D eigenvalue weighted by molar-refractivity contribution is 6.30. The van der Waals surface area contributed by atoms with Crippen molar-refractivity contribution >= 4 is 17.5 Å². The predicted molar refractivity (Wildman–Crippen MR) is 138 cm³/mol. The molecule has 184 valence electrons. The number of nitrogens with one attached hydrogen (secondary N) is 1. The minimum atomic E-state index is -0.417. The number of aryl methyl sites for hydroxylation is 1. The Hall–Kier alpha value is -3.97. The van der Waals surface area contributed by atoms with Gasteiger partial charge in [0.2, 0.25) is 0 Å². The molecular formula is C28H26ClN3O4. The average Bonchev–Trinajstić information content (AvgIpc) is 3.42. The maximum Gasteiger partial charge on any atom is 0.273 e. The van der Waals surface area contributed by atoms with Crippen LogP contribution in [-0.4, -0.2) is 46.9 Å². The molecule has 1 aliphatic heterocycles. The van der Waals surface area contributed by atoms with Gasteiger partial charge in [0, 0.05) is 22.7 Å². The Morgan fingerprint density at radius 2 is 1.86 bits per heavy atom. The lowest BCUT2D eigenvalue weighted by atomic mass is 9.95. The van der Waals surface area contributed by atoms with E-state index in [1.165, 1.54) is 0 Å². The Labute approximate surface area is 214 Å². The van der Waals surface area contributed by atoms with Gasteiger partial charge in [-0.05, 0) is 60.9 Å². The first-order chi connectivity index (χ1) is 17.4. The molecule has 0 spiro atoms. The number of methoxy groups -OCH3 is 2. The molecule has 8 heteroatoms. The summed E-state index contributed by atoms with van der Waals surface area (Å²) < 4.78 is 10.8. The third-order valence-electron chi connectivity index (χ3n) is 6.52. The fourth-order valence-corrected chi connectivity index (χ4v) is 4.98. The summed E-state index contributed by atoms with van der Waals surface area (Å²) in [4.78, 5) is 15.4. The third-order valence-corrected chi connectivity index (χ3v) is 6.76. The monoisotopic (exact) mass is 503 g/mol. The highest BCUT2D eigenvalue weighted by Crippen LogP contribution is 2.45. The number of phenolic OH excluding ortho intramolecular Hbond substituents is 1. The van der Waals surface area contributed by atoms with Crippen LogP contribution in [0.4, 0.5) is 0 Å². The number of aromatic hydroxyl groups is 1. The van der Waals surface area contributed by atoms with E-state index in [-0.39, 0.29) is 11.7 Å². The standard InChI is InChI=1S/C28H26ClN3O4/c1-16-7-9-21(33)20(13-16)25-24-26(31-30-25)28(34)32(27(24)18-5-4-6-19(29)15-18)12-11-17-8-10-22(35-2)23(14-17)36-3/h4-10,13-15,27,33H,11-12H2,1-3H3,(H,30,31)/t27-/m1/s1. The number of hydrogen-bond acceptors (Lipinski definition) is 5. The molecule has 2 heterocycles. The average molecular weight is 504 g/mol. The number of H-pyrrole nitrogens is 1. The van der Waals surface area contributed by atoms with Crippen LogP contribution in [0.5, 0.6) is 17.2 Å². The fourth-order valence-electron chi connectivity index (χ4n) is 4.78. The molecule has 0 aliphatic carbocycles. The van der Waals surface area contributed by atoms with Gasteiger partial charge in [-0.1, -0.05) is 41.4 Å². The Morgan fingerprint density at radius 3 is 2.61 bits per heavy atom. The van der Waals surface area contributed by atoms with E-state index in [1.807, 2.05) is 60.4 Å². The summed E-state index contributed by atoms with van der Waals surface area (Å²) in [5, 5.41) is 18.6. The summed E-state index contributed by atoms with van der Waals surface area (Å²) in [5.41, 5.74) is 5.15. The molecule has 36 heavy (non-hydrogen) atoms. The van der Waals surface area contributed by atoms with E-state index in [0.717, 1.165) is 22.3 Å². The van der Waals surface area contributed by atoms with Gasteiger partial charge in [-0.2, -0.15) is 5.10 Å². The Kier molecular flexibility index (Phi) is 6.33. The van der Waals surface area contributed by atoms with Crippen LogP contribution >= 0.6 is 11.6 Å². The first-order valence-electron chi connectivity index (χ1n) is 11.6. The summed E-state index contributed by atoms with van der Waals surface area (Å²) in [6.45, 7) is 2.40. The lowest BCUT2D eigenvalue weighted by molar-refractivity contribution is 0.0746. The van der Waals surface area contributed by atoms with Crippen LogP contribution < -0.4 is 9.47 Å². The van der Waals surface area contributed by atoms with Gasteiger partial charge in [0.05, 0.1) is 20.3 Å². The number of carbonyl (C=O) groups is 1. The van der Waals surface area contributed by atoms with E-state index >= 15 is 0 Å². The Bertz CT molecular complexity index is 1450. The molecule has 0 fully saturated rings. The highest BCUT2D eigenvalue weighted by Gasteiger charge is 2.42. The number of aromatic nitrogens is 2. The van der Waals surface area contributed by atoms with E-state index in [1.54, 1.807) is 26.4 Å². The van der Waals surface area contributed by atoms with Crippen LogP contribution in [0.1, 0.15) is 38.8 Å². The largest absolute Gasteiger partial charge is 0.507 e. The number of rotatable bonds is 7. The van der Waals surface area contributed by atoms with Gasteiger partial charge in [0.25, 0.3) is 5.91 Å². The molecule has 5 rings (SSSR count). The number of halogens is 1. The second kappa shape index (κ2) is 9.59. The van der Waals surface area contributed by atoms with Gasteiger partial charge >= 0.3 is 0 Å². The maximum absolute atomic E-state index is 13.6. The van der Waals surface area contributed by atoms with Gasteiger partial charge < -0.3 is 19.5 Å². The second-order valence-corrected chi connectivity index (χ2v) is 9.21. The molecule has 1 amide bonds. The van der Waals surface area contributed by atoms with Crippen molar-refractivity contribution in [3.8, 4) is 28.5 Å². The van der Waals surface area contributed by atoms with Crippen molar-refractivity contribution in [3.05, 3.63) is 93.6 Å². The molecule has 0 bridgehead atoms. The van der Waals surface area contributed by atoms with Crippen LogP contribution in [-0.2, 0) is 6.42 Å². The molecule has 2 N–H and O–H groups in total. The van der Waals surface area contributed by atoms with Gasteiger partial charge in [-0.25, -0.2) is 0 Å². The number of aromatic amines is 1. The van der Waals surface area contributed by atoms with E-state index in [0.29, 0.717) is 46.4 Å². The molecule has 1 aliphatic rings. The molecule has 0 unspecified atom stereocenters. The van der Waals surface area contributed by atoms with E-state index in [2.05, 4.69) is 10.2 Å². The number of ether oxygens (including phenoxy) is 2. The van der Waals surface area contributed by atoms with Crippen molar-refractivity contribution in [3.63, 3.8) is 0 Å². The lowest BCUT2D eigenvalue weighted by Gasteiger charge is -2.27. The predicted octanol–water partition coefficient (Wildman–Crippen LogP) is 5.55. The zero-order valence-corrected chi connectivity index (χ0v) is 21.0. The van der Waals surface area contributed by atoms with Crippen molar-refractivity contribution in [2.75, 3.05) is 20.8 Å². The fraction of sp³-hybridized carbons (Fsp3) is 0.214. The highest BCUT2D eigenvalue weighted by atomic mass is 35.5. The van der Waals surface area contributed by atoms with Crippen molar-refractivity contribution in [1.29, 1.82) is 0 Å². The van der Waals surface area contributed by atoms with Crippen LogP contribution in [0.3, 0.4) is 0 Å². The molecule has 0 saturated heterocycles. The summed E-state index contributed by atoms with van der Waals surface area (Å²) in [5.74, 6) is 1.25. The molecule has 0 saturated carbocycles. The summed E-state index contributed by atoms with van der Waals surface area (Å²) in [6, 6.07) is 18.2.